The fourth-order valence-corrected chi connectivity index (χ4v) is 3.92. The normalized spacial score (nSPS) is 15.7. The highest BCUT2D eigenvalue weighted by Crippen LogP contribution is 2.27. The van der Waals surface area contributed by atoms with Crippen LogP contribution in [-0.4, -0.2) is 62.9 Å². The first-order chi connectivity index (χ1) is 15.4. The maximum absolute atomic E-state index is 13.0. The number of methoxy groups -OCH3 is 1. The SMILES string of the molecule is COc1ccccc1C1=NO[C@H](Cn2c(N(C)CCO)nc3c2c(=O)n(C)c(=O)n3C)C1. The zero-order valence-corrected chi connectivity index (χ0v) is 18.5. The van der Waals surface area contributed by atoms with Crippen molar-refractivity contribution in [2.75, 3.05) is 32.2 Å². The molecule has 0 fully saturated rings. The topological polar surface area (TPSA) is 116 Å². The van der Waals surface area contributed by atoms with Crippen LogP contribution < -0.4 is 20.9 Å². The van der Waals surface area contributed by atoms with E-state index in [1.807, 2.05) is 24.3 Å². The van der Waals surface area contributed by atoms with E-state index in [1.165, 1.54) is 11.6 Å². The number of para-hydroxylation sites is 1. The molecule has 11 heteroatoms. The van der Waals surface area contributed by atoms with Crippen LogP contribution in [0.3, 0.4) is 0 Å². The predicted molar refractivity (Wildman–Crippen MR) is 120 cm³/mol. The summed E-state index contributed by atoms with van der Waals surface area (Å²) in [6.45, 7) is 0.515. The molecule has 1 aliphatic rings. The maximum atomic E-state index is 13.0. The molecular weight excluding hydrogens is 416 g/mol. The van der Waals surface area contributed by atoms with Crippen molar-refractivity contribution in [2.24, 2.45) is 19.3 Å². The van der Waals surface area contributed by atoms with Crippen LogP contribution in [-0.2, 0) is 25.5 Å². The highest BCUT2D eigenvalue weighted by Gasteiger charge is 2.28. The van der Waals surface area contributed by atoms with E-state index in [0.717, 1.165) is 15.8 Å². The van der Waals surface area contributed by atoms with Gasteiger partial charge in [0.2, 0.25) is 5.95 Å². The Morgan fingerprint density at radius 1 is 1.25 bits per heavy atom. The van der Waals surface area contributed by atoms with Gasteiger partial charge in [0.15, 0.2) is 17.3 Å². The van der Waals surface area contributed by atoms with Gasteiger partial charge in [-0.25, -0.2) is 4.79 Å². The van der Waals surface area contributed by atoms with Crippen molar-refractivity contribution in [3.63, 3.8) is 0 Å². The van der Waals surface area contributed by atoms with Gasteiger partial charge in [0.25, 0.3) is 5.56 Å². The summed E-state index contributed by atoms with van der Waals surface area (Å²) in [6.07, 6.45) is 0.158. The average Bonchev–Trinajstić information content (AvgIpc) is 3.42. The maximum Gasteiger partial charge on any atom is 0.332 e. The Bertz CT molecular complexity index is 1300. The molecule has 0 bridgehead atoms. The van der Waals surface area contributed by atoms with Gasteiger partial charge >= 0.3 is 5.69 Å². The number of anilines is 1. The molecule has 0 radical (unpaired) electrons. The van der Waals surface area contributed by atoms with Crippen LogP contribution in [0, 0.1) is 0 Å². The van der Waals surface area contributed by atoms with E-state index in [9.17, 15) is 14.7 Å². The highest BCUT2D eigenvalue weighted by atomic mass is 16.6. The zero-order chi connectivity index (χ0) is 23.0. The molecule has 0 amide bonds. The summed E-state index contributed by atoms with van der Waals surface area (Å²) >= 11 is 0. The third-order valence-corrected chi connectivity index (χ3v) is 5.64. The molecule has 3 heterocycles. The lowest BCUT2D eigenvalue weighted by Crippen LogP contribution is -2.38. The van der Waals surface area contributed by atoms with E-state index < -0.39 is 11.2 Å². The molecule has 0 saturated carbocycles. The quantitative estimate of drug-likeness (QED) is 0.550. The smallest absolute Gasteiger partial charge is 0.332 e. The van der Waals surface area contributed by atoms with Gasteiger partial charge in [-0.15, -0.1) is 0 Å². The van der Waals surface area contributed by atoms with E-state index in [0.29, 0.717) is 30.2 Å². The van der Waals surface area contributed by atoms with E-state index >= 15 is 0 Å². The molecular formula is C21H26N6O5. The van der Waals surface area contributed by atoms with Crippen molar-refractivity contribution < 1.29 is 14.7 Å². The second-order valence-corrected chi connectivity index (χ2v) is 7.72. The van der Waals surface area contributed by atoms with Crippen molar-refractivity contribution >= 4 is 22.8 Å². The summed E-state index contributed by atoms with van der Waals surface area (Å²) < 4.78 is 9.56. The molecule has 1 atom stereocenters. The minimum absolute atomic E-state index is 0.0857. The summed E-state index contributed by atoms with van der Waals surface area (Å²) in [5, 5.41) is 13.7. The summed E-state index contributed by atoms with van der Waals surface area (Å²) in [6, 6.07) is 7.57. The lowest BCUT2D eigenvalue weighted by molar-refractivity contribution is 0.0735. The van der Waals surface area contributed by atoms with E-state index in [2.05, 4.69) is 10.1 Å². The van der Waals surface area contributed by atoms with Crippen molar-refractivity contribution in [3.05, 3.63) is 50.7 Å². The number of hydrogen-bond donors (Lipinski definition) is 1. The van der Waals surface area contributed by atoms with Crippen molar-refractivity contribution in [2.45, 2.75) is 19.1 Å². The fraction of sp³-hybridized carbons (Fsp3) is 0.429. The first-order valence-electron chi connectivity index (χ1n) is 10.2. The van der Waals surface area contributed by atoms with Gasteiger partial charge in [-0.05, 0) is 12.1 Å². The second-order valence-electron chi connectivity index (χ2n) is 7.72. The number of likely N-dealkylation sites (N-methyl/N-ethyl adjacent to an activating group) is 1. The lowest BCUT2D eigenvalue weighted by Gasteiger charge is -2.20. The molecule has 0 unspecified atom stereocenters. The number of oxime groups is 1. The number of aliphatic hydroxyl groups excluding tert-OH is 1. The molecule has 32 heavy (non-hydrogen) atoms. The van der Waals surface area contributed by atoms with Crippen molar-refractivity contribution in [1.82, 2.24) is 18.7 Å². The predicted octanol–water partition coefficient (Wildman–Crippen LogP) is 0.0640. The molecule has 0 spiro atoms. The van der Waals surface area contributed by atoms with Crippen LogP contribution >= 0.6 is 0 Å². The standard InChI is InChI=1S/C21H26N6O5/c1-24(9-10-28)20-22-18-17(19(29)26(3)21(30)25(18)2)27(20)12-13-11-15(23-32-13)14-7-5-6-8-16(14)31-4/h5-8,13,28H,9-12H2,1-4H3/t13-/m0/s1. The summed E-state index contributed by atoms with van der Waals surface area (Å²) in [5.74, 6) is 1.16. The van der Waals surface area contributed by atoms with Crippen LogP contribution in [0.4, 0.5) is 5.95 Å². The molecule has 1 aliphatic heterocycles. The van der Waals surface area contributed by atoms with Crippen LogP contribution in [0.5, 0.6) is 5.75 Å². The van der Waals surface area contributed by atoms with E-state index in [-0.39, 0.29) is 24.9 Å². The number of imidazole rings is 1. The number of benzene rings is 1. The number of aryl methyl sites for hydroxylation is 1. The molecule has 0 saturated heterocycles. The Hall–Kier alpha value is -3.60. The second kappa shape index (κ2) is 8.50. The lowest BCUT2D eigenvalue weighted by atomic mass is 10.0. The molecule has 11 nitrogen and oxygen atoms in total. The number of aromatic nitrogens is 4. The van der Waals surface area contributed by atoms with Gasteiger partial charge in [0.1, 0.15) is 5.75 Å². The van der Waals surface area contributed by atoms with E-state index in [1.54, 1.807) is 30.7 Å². The first kappa shape index (κ1) is 21.6. The van der Waals surface area contributed by atoms with Crippen molar-refractivity contribution in [1.29, 1.82) is 0 Å². The molecule has 0 aliphatic carbocycles. The minimum atomic E-state index is -0.456. The number of nitrogens with zero attached hydrogens (tertiary/aromatic N) is 6. The van der Waals surface area contributed by atoms with Crippen LogP contribution in [0.2, 0.25) is 0 Å². The molecule has 2 aromatic heterocycles. The highest BCUT2D eigenvalue weighted by molar-refractivity contribution is 6.03. The Kier molecular flexibility index (Phi) is 5.74. The molecule has 1 aromatic carbocycles. The van der Waals surface area contributed by atoms with Crippen LogP contribution in [0.1, 0.15) is 12.0 Å². The number of fused-ring (bicyclic) bond motifs is 1. The number of rotatable bonds is 7. The Morgan fingerprint density at radius 2 is 2.00 bits per heavy atom. The van der Waals surface area contributed by atoms with Gasteiger partial charge in [-0.1, -0.05) is 17.3 Å². The molecule has 4 rings (SSSR count). The Labute approximate surface area is 183 Å². The Balaban J connectivity index is 1.74. The molecule has 3 aromatic rings. The number of aliphatic hydroxyl groups is 1. The van der Waals surface area contributed by atoms with Gasteiger partial charge in [-0.2, -0.15) is 4.98 Å². The third kappa shape index (κ3) is 3.54. The van der Waals surface area contributed by atoms with Crippen LogP contribution in [0.25, 0.3) is 11.2 Å². The largest absolute Gasteiger partial charge is 0.496 e. The molecule has 1 N–H and O–H groups in total. The summed E-state index contributed by atoms with van der Waals surface area (Å²) in [4.78, 5) is 37.4. The van der Waals surface area contributed by atoms with Gasteiger partial charge in [0, 0.05) is 39.7 Å². The summed E-state index contributed by atoms with van der Waals surface area (Å²) in [7, 11) is 6.39. The number of hydrogen-bond acceptors (Lipinski definition) is 8. The van der Waals surface area contributed by atoms with Gasteiger partial charge < -0.3 is 24.1 Å². The van der Waals surface area contributed by atoms with Crippen molar-refractivity contribution in [3.8, 4) is 5.75 Å². The van der Waals surface area contributed by atoms with Crippen LogP contribution in [0.15, 0.2) is 39.0 Å². The summed E-state index contributed by atoms with van der Waals surface area (Å²) in [5.41, 5.74) is 1.28. The number of ether oxygens (including phenoxy) is 1. The Morgan fingerprint density at radius 3 is 2.72 bits per heavy atom. The monoisotopic (exact) mass is 442 g/mol. The van der Waals surface area contributed by atoms with Gasteiger partial charge in [-0.3, -0.25) is 13.9 Å². The van der Waals surface area contributed by atoms with Gasteiger partial charge in [0.05, 0.1) is 26.0 Å². The molecule has 170 valence electrons. The van der Waals surface area contributed by atoms with E-state index in [4.69, 9.17) is 9.57 Å². The average molecular weight is 442 g/mol. The fourth-order valence-electron chi connectivity index (χ4n) is 3.92. The minimum Gasteiger partial charge on any atom is -0.496 e. The zero-order valence-electron chi connectivity index (χ0n) is 18.5. The first-order valence-corrected chi connectivity index (χ1v) is 10.2. The third-order valence-electron chi connectivity index (χ3n) is 5.64.